The van der Waals surface area contributed by atoms with Crippen LogP contribution in [0.15, 0.2) is 10.8 Å². The number of nitro groups is 1. The largest absolute Gasteiger partial charge is 0.368 e. The summed E-state index contributed by atoms with van der Waals surface area (Å²) in [5, 5.41) is 18.3. The molecule has 17 heavy (non-hydrogen) atoms. The van der Waals surface area contributed by atoms with Gasteiger partial charge < -0.3 is 5.73 Å². The van der Waals surface area contributed by atoms with Gasteiger partial charge in [0.1, 0.15) is 11.9 Å². The summed E-state index contributed by atoms with van der Waals surface area (Å²) in [4.78, 5) is 17.7. The molecule has 2 N–H and O–H groups in total. The second-order valence-electron chi connectivity index (χ2n) is 3.07. The van der Waals surface area contributed by atoms with Crippen molar-refractivity contribution in [2.75, 3.05) is 5.73 Å². The quantitative estimate of drug-likeness (QED) is 0.633. The zero-order chi connectivity index (χ0) is 12.6. The van der Waals surface area contributed by atoms with Crippen LogP contribution in [0.2, 0.25) is 0 Å². The van der Waals surface area contributed by atoms with E-state index in [0.717, 1.165) is 6.20 Å². The summed E-state index contributed by atoms with van der Waals surface area (Å²) in [7, 11) is 1.59. The van der Waals surface area contributed by atoms with Gasteiger partial charge in [-0.3, -0.25) is 10.1 Å². The summed E-state index contributed by atoms with van der Waals surface area (Å²) in [6.45, 7) is 0. The fourth-order valence-corrected chi connectivity index (χ4v) is 1.80. The summed E-state index contributed by atoms with van der Waals surface area (Å²) in [5.74, 6) is -0.0568. The second-order valence-corrected chi connectivity index (χ2v) is 3.82. The van der Waals surface area contributed by atoms with Crippen molar-refractivity contribution in [1.29, 1.82) is 0 Å². The van der Waals surface area contributed by atoms with E-state index < -0.39 is 4.92 Å². The monoisotopic (exact) mass is 299 g/mol. The number of halogens is 1. The highest BCUT2D eigenvalue weighted by molar-refractivity contribution is 9.10. The first kappa shape index (κ1) is 11.4. The van der Waals surface area contributed by atoms with E-state index in [-0.39, 0.29) is 17.3 Å². The van der Waals surface area contributed by atoms with Gasteiger partial charge in [0.25, 0.3) is 0 Å². The van der Waals surface area contributed by atoms with Gasteiger partial charge >= 0.3 is 5.69 Å². The molecule has 88 valence electrons. The number of nitrogen functional groups attached to an aromatic ring is 1. The predicted molar refractivity (Wildman–Crippen MR) is 60.8 cm³/mol. The molecule has 9 nitrogen and oxygen atoms in total. The first-order chi connectivity index (χ1) is 8.00. The van der Waals surface area contributed by atoms with Gasteiger partial charge in [0, 0.05) is 7.05 Å². The van der Waals surface area contributed by atoms with Crippen LogP contribution in [-0.4, -0.2) is 29.9 Å². The van der Waals surface area contributed by atoms with Crippen LogP contribution in [0.5, 0.6) is 0 Å². The summed E-state index contributed by atoms with van der Waals surface area (Å²) in [6.07, 6.45) is 1.05. The lowest BCUT2D eigenvalue weighted by molar-refractivity contribution is -0.384. The van der Waals surface area contributed by atoms with Crippen molar-refractivity contribution in [3.05, 3.63) is 20.9 Å². The molecule has 10 heteroatoms. The summed E-state index contributed by atoms with van der Waals surface area (Å²) < 4.78 is 1.71. The molecule has 2 aromatic rings. The lowest BCUT2D eigenvalue weighted by atomic mass is 10.3. The molecule has 0 saturated carbocycles. The van der Waals surface area contributed by atoms with Gasteiger partial charge in [-0.1, -0.05) is 5.21 Å². The molecule has 0 unspecified atom stereocenters. The Balaban J connectivity index is 2.74. The molecular weight excluding hydrogens is 294 g/mol. The molecule has 2 aromatic heterocycles. The Morgan fingerprint density at radius 2 is 2.29 bits per heavy atom. The highest BCUT2D eigenvalue weighted by atomic mass is 79.9. The number of aromatic nitrogens is 5. The molecule has 0 saturated heterocycles. The normalized spacial score (nSPS) is 10.5. The number of anilines is 1. The zero-order valence-corrected chi connectivity index (χ0v) is 10.1. The van der Waals surface area contributed by atoms with E-state index in [9.17, 15) is 10.1 Å². The van der Waals surface area contributed by atoms with E-state index in [2.05, 4.69) is 36.2 Å². The average molecular weight is 300 g/mol. The van der Waals surface area contributed by atoms with Crippen molar-refractivity contribution in [3.8, 4) is 11.4 Å². The fraction of sp³-hybridized carbons (Fsp3) is 0.143. The van der Waals surface area contributed by atoms with Gasteiger partial charge in [-0.15, -0.1) is 5.10 Å². The van der Waals surface area contributed by atoms with Crippen molar-refractivity contribution < 1.29 is 4.92 Å². The SMILES string of the molecule is Cn1nnc(Br)c1-c1nc(N)ncc1[N+](=O)[O-]. The minimum atomic E-state index is -0.589. The standard InChI is InChI=1S/C7H6BrN7O2/c1-14-5(6(8)12-13-14)4-3(15(16)17)2-10-7(9)11-4/h2H,1H3,(H2,9,10,11). The summed E-state index contributed by atoms with van der Waals surface area (Å²) in [5.41, 5.74) is 5.60. The maximum Gasteiger partial charge on any atom is 0.315 e. The lowest BCUT2D eigenvalue weighted by Crippen LogP contribution is -2.04. The van der Waals surface area contributed by atoms with E-state index in [0.29, 0.717) is 10.3 Å². The number of nitrogens with two attached hydrogens (primary N) is 1. The van der Waals surface area contributed by atoms with E-state index in [4.69, 9.17) is 5.73 Å². The molecular formula is C7H6BrN7O2. The number of nitrogens with zero attached hydrogens (tertiary/aromatic N) is 6. The molecule has 0 aliphatic rings. The van der Waals surface area contributed by atoms with Crippen LogP contribution in [-0.2, 0) is 7.05 Å². The zero-order valence-electron chi connectivity index (χ0n) is 8.53. The van der Waals surface area contributed by atoms with Gasteiger partial charge in [-0.05, 0) is 15.9 Å². The average Bonchev–Trinajstić information content (AvgIpc) is 2.58. The van der Waals surface area contributed by atoms with Crippen LogP contribution in [0, 0.1) is 10.1 Å². The lowest BCUT2D eigenvalue weighted by Gasteiger charge is -2.02. The minimum Gasteiger partial charge on any atom is -0.368 e. The van der Waals surface area contributed by atoms with Crippen molar-refractivity contribution in [1.82, 2.24) is 25.0 Å². The van der Waals surface area contributed by atoms with E-state index in [1.165, 1.54) is 4.68 Å². The van der Waals surface area contributed by atoms with Gasteiger partial charge in [0.15, 0.2) is 10.3 Å². The van der Waals surface area contributed by atoms with Crippen LogP contribution in [0.3, 0.4) is 0 Å². The number of hydrogen-bond donors (Lipinski definition) is 1. The Labute approximate surface area is 103 Å². The van der Waals surface area contributed by atoms with Crippen LogP contribution in [0.1, 0.15) is 0 Å². The highest BCUT2D eigenvalue weighted by Crippen LogP contribution is 2.31. The fourth-order valence-electron chi connectivity index (χ4n) is 1.28. The van der Waals surface area contributed by atoms with Gasteiger partial charge in [0.2, 0.25) is 5.95 Å². The Kier molecular flexibility index (Phi) is 2.71. The van der Waals surface area contributed by atoms with Crippen molar-refractivity contribution in [2.45, 2.75) is 0 Å². The molecule has 0 aromatic carbocycles. The Hall–Kier alpha value is -2.10. The third-order valence-electron chi connectivity index (χ3n) is 1.99. The third kappa shape index (κ3) is 1.93. The second kappa shape index (κ2) is 4.05. The van der Waals surface area contributed by atoms with Crippen molar-refractivity contribution in [2.24, 2.45) is 7.05 Å². The smallest absolute Gasteiger partial charge is 0.315 e. The maximum absolute atomic E-state index is 10.9. The van der Waals surface area contributed by atoms with Crippen molar-refractivity contribution in [3.63, 3.8) is 0 Å². The molecule has 0 amide bonds. The van der Waals surface area contributed by atoms with Crippen LogP contribution >= 0.6 is 15.9 Å². The van der Waals surface area contributed by atoms with Gasteiger partial charge in [-0.25, -0.2) is 14.6 Å². The molecule has 0 radical (unpaired) electrons. The van der Waals surface area contributed by atoms with Gasteiger partial charge in [-0.2, -0.15) is 0 Å². The molecule has 0 atom stereocenters. The van der Waals surface area contributed by atoms with Crippen LogP contribution < -0.4 is 5.73 Å². The number of aryl methyl sites for hydroxylation is 1. The van der Waals surface area contributed by atoms with E-state index >= 15 is 0 Å². The molecule has 0 aliphatic carbocycles. The summed E-state index contributed by atoms with van der Waals surface area (Å²) in [6, 6.07) is 0. The first-order valence-corrected chi connectivity index (χ1v) is 5.12. The highest BCUT2D eigenvalue weighted by Gasteiger charge is 2.24. The Morgan fingerprint density at radius 3 is 2.82 bits per heavy atom. The maximum atomic E-state index is 10.9. The third-order valence-corrected chi connectivity index (χ3v) is 2.53. The molecule has 2 rings (SSSR count). The van der Waals surface area contributed by atoms with E-state index in [1.807, 2.05) is 0 Å². The number of hydrogen-bond acceptors (Lipinski definition) is 7. The Bertz CT molecular complexity index is 576. The van der Waals surface area contributed by atoms with Crippen LogP contribution in [0.25, 0.3) is 11.4 Å². The molecule has 0 bridgehead atoms. The molecule has 0 aliphatic heterocycles. The predicted octanol–water partition coefficient (Wildman–Crippen LogP) is 0.525. The summed E-state index contributed by atoms with van der Waals surface area (Å²) >= 11 is 3.14. The molecule has 0 fully saturated rings. The van der Waals surface area contributed by atoms with Crippen molar-refractivity contribution >= 4 is 27.6 Å². The first-order valence-electron chi connectivity index (χ1n) is 4.33. The molecule has 0 spiro atoms. The Morgan fingerprint density at radius 1 is 1.59 bits per heavy atom. The van der Waals surface area contributed by atoms with Gasteiger partial charge in [0.05, 0.1) is 4.92 Å². The van der Waals surface area contributed by atoms with Crippen LogP contribution in [0.4, 0.5) is 11.6 Å². The minimum absolute atomic E-state index is 0.0568. The molecule has 2 heterocycles. The number of rotatable bonds is 2. The van der Waals surface area contributed by atoms with E-state index in [1.54, 1.807) is 7.05 Å². The topological polar surface area (TPSA) is 126 Å².